The molecule has 5 aromatic rings. The molecular formula is C57H58F2N10O7. The molecule has 0 radical (unpaired) electrons. The maximum atomic E-state index is 17.2. The van der Waals surface area contributed by atoms with Crippen molar-refractivity contribution in [2.75, 3.05) is 62.7 Å². The largest absolute Gasteiger partial charge is 0.461 e. The van der Waals surface area contributed by atoms with E-state index in [4.69, 9.17) is 25.9 Å². The first-order valence-electron chi connectivity index (χ1n) is 26.5. The standard InChI is InChI=1S/C57H58F2N10O7/c1-3-38-42(58)15-12-34-8-4-9-39(46(34)38)49-48(59)50-41(26-61-49)51(67-28-35-13-14-36(29-67)62-35)65-55(64-50)76-31-57-21-18-37(68(57)27-32(2)25-57)30-75-56(74)66-23-19-33(20-24-66)7-6-22-60-43-11-5-10-40-47(43)54(73)69(53(40)72)44-16-17-45(70)63-52(44)71/h1,4-5,8-12,15,26,33,35-37,44,60,62H,2,6-7,13-14,16-25,27-31H2,(H,63,70,71)/t35?,36?,37-,44?,57-/m0/s1. The van der Waals surface area contributed by atoms with E-state index in [-0.39, 0.29) is 84.2 Å². The molecule has 9 heterocycles. The van der Waals surface area contributed by atoms with Crippen LogP contribution in [0.15, 0.2) is 66.9 Å². The highest BCUT2D eigenvalue weighted by atomic mass is 19.1. The molecule has 0 saturated carbocycles. The Hall–Kier alpha value is -7.56. The molecule has 76 heavy (non-hydrogen) atoms. The van der Waals surface area contributed by atoms with E-state index in [0.717, 1.165) is 61.8 Å². The van der Waals surface area contributed by atoms with Crippen molar-refractivity contribution in [1.82, 2.24) is 40.3 Å². The lowest BCUT2D eigenvalue weighted by Gasteiger charge is -2.35. The van der Waals surface area contributed by atoms with Crippen molar-refractivity contribution in [3.05, 3.63) is 95.2 Å². The van der Waals surface area contributed by atoms with Gasteiger partial charge in [0.2, 0.25) is 11.8 Å². The molecule has 3 aromatic carbocycles. The molecule has 17 nitrogen and oxygen atoms in total. The van der Waals surface area contributed by atoms with Gasteiger partial charge in [0.15, 0.2) is 5.82 Å². The number of anilines is 2. The van der Waals surface area contributed by atoms with Crippen LogP contribution in [0.4, 0.5) is 25.1 Å². The second kappa shape index (κ2) is 19.9. The predicted molar refractivity (Wildman–Crippen MR) is 278 cm³/mol. The third-order valence-corrected chi connectivity index (χ3v) is 16.8. The van der Waals surface area contributed by atoms with Crippen LogP contribution in [-0.2, 0) is 14.3 Å². The second-order valence-corrected chi connectivity index (χ2v) is 21.5. The number of hydrogen-bond acceptors (Lipinski definition) is 14. The van der Waals surface area contributed by atoms with E-state index in [2.05, 4.69) is 43.2 Å². The molecule has 2 aromatic heterocycles. The maximum absolute atomic E-state index is 17.2. The number of piperazine rings is 1. The third-order valence-electron chi connectivity index (χ3n) is 16.8. The zero-order valence-corrected chi connectivity index (χ0v) is 42.0. The molecular weight excluding hydrogens is 975 g/mol. The van der Waals surface area contributed by atoms with E-state index in [1.165, 1.54) is 6.07 Å². The Bertz CT molecular complexity index is 3290. The molecule has 3 unspecified atom stereocenters. The number of carbonyl (C=O) groups is 5. The van der Waals surface area contributed by atoms with Gasteiger partial charge in [0.25, 0.3) is 11.8 Å². The first kappa shape index (κ1) is 49.3. The first-order valence-corrected chi connectivity index (χ1v) is 26.5. The van der Waals surface area contributed by atoms with Crippen LogP contribution in [0.1, 0.15) is 96.9 Å². The van der Waals surface area contributed by atoms with E-state index in [1.54, 1.807) is 53.6 Å². The number of nitrogens with one attached hydrogen (secondary N) is 3. The smallest absolute Gasteiger partial charge is 0.409 e. The lowest BCUT2D eigenvalue weighted by molar-refractivity contribution is -0.136. The number of ether oxygens (including phenoxy) is 2. The molecule has 5 atom stereocenters. The van der Waals surface area contributed by atoms with Gasteiger partial charge in [0.05, 0.1) is 27.6 Å². The van der Waals surface area contributed by atoms with Gasteiger partial charge in [-0.05, 0) is 93.7 Å². The number of pyridine rings is 1. The summed E-state index contributed by atoms with van der Waals surface area (Å²) in [6.07, 6.45) is 14.8. The minimum atomic E-state index is -1.03. The number of likely N-dealkylation sites (tertiary alicyclic amines) is 1. The molecule has 2 bridgehead atoms. The summed E-state index contributed by atoms with van der Waals surface area (Å²) < 4.78 is 44.9. The minimum Gasteiger partial charge on any atom is -0.461 e. The summed E-state index contributed by atoms with van der Waals surface area (Å²) in [6, 6.07) is 12.7. The van der Waals surface area contributed by atoms with Crippen molar-refractivity contribution in [2.24, 2.45) is 5.92 Å². The van der Waals surface area contributed by atoms with Gasteiger partial charge in [-0.3, -0.25) is 39.3 Å². The third kappa shape index (κ3) is 8.84. The number of piperidine rings is 2. The van der Waals surface area contributed by atoms with Crippen LogP contribution in [0.5, 0.6) is 6.01 Å². The highest BCUT2D eigenvalue weighted by Crippen LogP contribution is 2.45. The highest BCUT2D eigenvalue weighted by molar-refractivity contribution is 6.25. The number of hydrogen-bond donors (Lipinski definition) is 3. The number of rotatable bonds is 13. The number of imide groups is 2. The van der Waals surface area contributed by atoms with Gasteiger partial charge in [-0.1, -0.05) is 48.4 Å². The van der Waals surface area contributed by atoms with Crippen molar-refractivity contribution >= 4 is 62.9 Å². The van der Waals surface area contributed by atoms with Gasteiger partial charge in [-0.15, -0.1) is 6.42 Å². The Balaban J connectivity index is 0.672. The molecule has 5 amide bonds. The van der Waals surface area contributed by atoms with Crippen LogP contribution >= 0.6 is 0 Å². The summed E-state index contributed by atoms with van der Waals surface area (Å²) in [5.41, 5.74) is 2.00. The lowest BCUT2D eigenvalue weighted by atomic mass is 9.92. The van der Waals surface area contributed by atoms with Gasteiger partial charge >= 0.3 is 12.1 Å². The monoisotopic (exact) mass is 1030 g/mol. The summed E-state index contributed by atoms with van der Waals surface area (Å²) in [4.78, 5) is 86.2. The normalized spacial score (nSPS) is 24.6. The predicted octanol–water partition coefficient (Wildman–Crippen LogP) is 6.73. The fraction of sp³-hybridized carbons (Fsp3) is 0.439. The van der Waals surface area contributed by atoms with Crippen molar-refractivity contribution < 1.29 is 42.2 Å². The number of fused-ring (bicyclic) bond motifs is 6. The van der Waals surface area contributed by atoms with Crippen molar-refractivity contribution in [3.63, 3.8) is 0 Å². The van der Waals surface area contributed by atoms with Gasteiger partial charge in [-0.2, -0.15) is 9.97 Å². The fourth-order valence-corrected chi connectivity index (χ4v) is 13.1. The van der Waals surface area contributed by atoms with E-state index >= 15 is 8.78 Å². The maximum Gasteiger partial charge on any atom is 0.409 e. The van der Waals surface area contributed by atoms with E-state index in [9.17, 15) is 24.0 Å². The molecule has 0 aliphatic carbocycles. The molecule has 7 aliphatic heterocycles. The molecule has 392 valence electrons. The van der Waals surface area contributed by atoms with Crippen LogP contribution in [0.25, 0.3) is 32.9 Å². The van der Waals surface area contributed by atoms with Gasteiger partial charge < -0.3 is 29.9 Å². The Morgan fingerprint density at radius 3 is 2.53 bits per heavy atom. The Morgan fingerprint density at radius 1 is 0.947 bits per heavy atom. The zero-order valence-electron chi connectivity index (χ0n) is 42.0. The van der Waals surface area contributed by atoms with Gasteiger partial charge in [0.1, 0.15) is 42.1 Å². The highest BCUT2D eigenvalue weighted by Gasteiger charge is 2.52. The average Bonchev–Trinajstić information content (AvgIpc) is 4.14. The van der Waals surface area contributed by atoms with Crippen LogP contribution < -0.4 is 25.6 Å². The van der Waals surface area contributed by atoms with Crippen LogP contribution in [0, 0.1) is 29.9 Å². The number of aromatic nitrogens is 3. The SMILES string of the molecule is C#Cc1c(F)ccc2cccc(-c3ncc4c(N5CC6CCC(C5)N6)nc(OC[C@@]56CC[C@@H](COC(=O)N7CCC(CCCNc8cccc9c8C(=O)N(C8CCC(=O)NC8=O)C9=O)CC7)N5CC(=C)C6)nc4c3F)c12. The summed E-state index contributed by atoms with van der Waals surface area (Å²) in [5, 5.41) is 10.7. The molecule has 3 N–H and O–H groups in total. The van der Waals surface area contributed by atoms with Crippen LogP contribution in [0.3, 0.4) is 0 Å². The lowest BCUT2D eigenvalue weighted by Crippen LogP contribution is -2.54. The minimum absolute atomic E-state index is 0.00761. The van der Waals surface area contributed by atoms with Crippen molar-refractivity contribution in [2.45, 2.75) is 100 Å². The quantitative estimate of drug-likeness (QED) is 0.0487. The summed E-state index contributed by atoms with van der Waals surface area (Å²) in [5.74, 6) is -0.0289. The Kier molecular flexibility index (Phi) is 12.9. The number of nitrogens with zero attached hydrogens (tertiary/aromatic N) is 7. The van der Waals surface area contributed by atoms with Gasteiger partial charge in [-0.25, -0.2) is 13.6 Å². The Labute approximate surface area is 437 Å². The van der Waals surface area contributed by atoms with Crippen molar-refractivity contribution in [1.29, 1.82) is 0 Å². The van der Waals surface area contributed by atoms with E-state index in [1.807, 2.05) is 0 Å². The molecule has 7 aliphatic rings. The second-order valence-electron chi connectivity index (χ2n) is 21.5. The number of benzene rings is 3. The topological polar surface area (TPSA) is 192 Å². The van der Waals surface area contributed by atoms with Crippen LogP contribution in [0.2, 0.25) is 0 Å². The van der Waals surface area contributed by atoms with Crippen molar-refractivity contribution in [3.8, 4) is 29.6 Å². The number of terminal acetylenes is 1. The zero-order chi connectivity index (χ0) is 52.4. The van der Waals surface area contributed by atoms with E-state index in [0.29, 0.717) is 84.8 Å². The fourth-order valence-electron chi connectivity index (χ4n) is 13.1. The molecule has 12 rings (SSSR count). The first-order chi connectivity index (χ1) is 36.9. The molecule has 0 spiro atoms. The molecule has 6 saturated heterocycles. The number of amides is 5. The Morgan fingerprint density at radius 2 is 1.74 bits per heavy atom. The molecule has 6 fully saturated rings. The van der Waals surface area contributed by atoms with Crippen LogP contribution in [-0.4, -0.2) is 142 Å². The average molecular weight is 1030 g/mol. The number of carbonyl (C=O) groups excluding carboxylic acids is 5. The van der Waals surface area contributed by atoms with E-state index < -0.39 is 46.8 Å². The van der Waals surface area contributed by atoms with Gasteiger partial charge in [0, 0.05) is 86.6 Å². The molecule has 19 heteroatoms. The summed E-state index contributed by atoms with van der Waals surface area (Å²) >= 11 is 0. The number of halogens is 2. The summed E-state index contributed by atoms with van der Waals surface area (Å²) in [7, 11) is 0. The summed E-state index contributed by atoms with van der Waals surface area (Å²) in [6.45, 7) is 8.47.